The van der Waals surface area contributed by atoms with Gasteiger partial charge in [0.1, 0.15) is 5.65 Å². The molecule has 0 radical (unpaired) electrons. The molecule has 2 N–H and O–H groups in total. The minimum absolute atomic E-state index is 0.877. The summed E-state index contributed by atoms with van der Waals surface area (Å²) in [6, 6.07) is 2.05. The van der Waals surface area contributed by atoms with E-state index in [1.807, 2.05) is 24.7 Å². The second-order valence-corrected chi connectivity index (χ2v) is 5.31. The lowest BCUT2D eigenvalue weighted by Gasteiger charge is -1.95. The van der Waals surface area contributed by atoms with Crippen molar-refractivity contribution in [2.75, 3.05) is 12.4 Å². The van der Waals surface area contributed by atoms with Gasteiger partial charge in [0.05, 0.1) is 5.69 Å². The molecule has 3 heterocycles. The van der Waals surface area contributed by atoms with E-state index >= 15 is 0 Å². The summed E-state index contributed by atoms with van der Waals surface area (Å²) < 4.78 is 0.968. The fourth-order valence-corrected chi connectivity index (χ4v) is 2.71. The fourth-order valence-electron chi connectivity index (χ4n) is 1.70. The zero-order chi connectivity index (χ0) is 11.8. The summed E-state index contributed by atoms with van der Waals surface area (Å²) in [5.41, 5.74) is 2.92. The highest BCUT2D eigenvalue weighted by Crippen LogP contribution is 2.31. The molecule has 0 amide bonds. The average molecular weight is 309 g/mol. The van der Waals surface area contributed by atoms with Crippen LogP contribution in [-0.4, -0.2) is 22.0 Å². The number of hydrogen-bond acceptors (Lipinski definition) is 4. The Bertz CT molecular complexity index is 673. The Labute approximate surface area is 110 Å². The van der Waals surface area contributed by atoms with Crippen molar-refractivity contribution in [2.24, 2.45) is 0 Å². The van der Waals surface area contributed by atoms with Gasteiger partial charge >= 0.3 is 0 Å². The molecule has 0 aliphatic heterocycles. The van der Waals surface area contributed by atoms with Gasteiger partial charge in [0.2, 0.25) is 0 Å². The second kappa shape index (κ2) is 4.12. The van der Waals surface area contributed by atoms with Gasteiger partial charge in [-0.3, -0.25) is 0 Å². The number of aromatic amines is 1. The third-order valence-corrected chi connectivity index (χ3v) is 3.79. The summed E-state index contributed by atoms with van der Waals surface area (Å²) in [7, 11) is 1.87. The van der Waals surface area contributed by atoms with Gasteiger partial charge in [0, 0.05) is 40.2 Å². The topological polar surface area (TPSA) is 53.6 Å². The van der Waals surface area contributed by atoms with Crippen LogP contribution in [0, 0.1) is 0 Å². The van der Waals surface area contributed by atoms with Crippen molar-refractivity contribution in [3.8, 4) is 11.3 Å². The van der Waals surface area contributed by atoms with E-state index in [0.29, 0.717) is 0 Å². The van der Waals surface area contributed by atoms with Crippen LogP contribution < -0.4 is 5.32 Å². The number of pyridine rings is 1. The smallest absolute Gasteiger partial charge is 0.182 e. The van der Waals surface area contributed by atoms with Gasteiger partial charge in [0.25, 0.3) is 0 Å². The zero-order valence-corrected chi connectivity index (χ0v) is 11.4. The van der Waals surface area contributed by atoms with Crippen LogP contribution in [0.25, 0.3) is 22.3 Å². The molecule has 17 heavy (non-hydrogen) atoms. The van der Waals surface area contributed by atoms with E-state index < -0.39 is 0 Å². The maximum absolute atomic E-state index is 4.50. The molecular formula is C11H9BrN4S. The van der Waals surface area contributed by atoms with Gasteiger partial charge in [-0.15, -0.1) is 11.3 Å². The van der Waals surface area contributed by atoms with Crippen LogP contribution in [0.4, 0.5) is 5.13 Å². The van der Waals surface area contributed by atoms with E-state index in [-0.39, 0.29) is 0 Å². The van der Waals surface area contributed by atoms with E-state index in [1.54, 1.807) is 17.5 Å². The minimum Gasteiger partial charge on any atom is -0.365 e. The van der Waals surface area contributed by atoms with Crippen molar-refractivity contribution in [1.29, 1.82) is 0 Å². The Kier molecular flexibility index (Phi) is 2.60. The van der Waals surface area contributed by atoms with E-state index in [0.717, 1.165) is 31.9 Å². The maximum Gasteiger partial charge on any atom is 0.182 e. The number of H-pyrrole nitrogens is 1. The van der Waals surface area contributed by atoms with Gasteiger partial charge in [-0.25, -0.2) is 9.97 Å². The highest BCUT2D eigenvalue weighted by molar-refractivity contribution is 9.10. The van der Waals surface area contributed by atoms with Crippen molar-refractivity contribution in [3.05, 3.63) is 28.3 Å². The minimum atomic E-state index is 0.877. The molecule has 4 nitrogen and oxygen atoms in total. The van der Waals surface area contributed by atoms with Crippen molar-refractivity contribution in [2.45, 2.75) is 0 Å². The number of thiazole rings is 1. The SMILES string of the molecule is CNc1nc(-c2c[nH]c3ncc(Br)cc23)cs1. The Balaban J connectivity index is 2.19. The summed E-state index contributed by atoms with van der Waals surface area (Å²) in [6.45, 7) is 0. The van der Waals surface area contributed by atoms with E-state index in [4.69, 9.17) is 0 Å². The van der Waals surface area contributed by atoms with E-state index in [2.05, 4.69) is 36.2 Å². The molecule has 0 aliphatic rings. The monoisotopic (exact) mass is 308 g/mol. The van der Waals surface area contributed by atoms with Gasteiger partial charge in [-0.05, 0) is 22.0 Å². The number of fused-ring (bicyclic) bond motifs is 1. The Morgan fingerprint density at radius 2 is 2.35 bits per heavy atom. The first-order valence-electron chi connectivity index (χ1n) is 5.04. The third-order valence-electron chi connectivity index (χ3n) is 2.49. The Morgan fingerprint density at radius 3 is 3.12 bits per heavy atom. The highest BCUT2D eigenvalue weighted by atomic mass is 79.9. The summed E-state index contributed by atoms with van der Waals surface area (Å²) in [5, 5.41) is 7.07. The van der Waals surface area contributed by atoms with Crippen LogP contribution in [0.5, 0.6) is 0 Å². The first-order chi connectivity index (χ1) is 8.28. The predicted molar refractivity (Wildman–Crippen MR) is 74.4 cm³/mol. The predicted octanol–water partition coefficient (Wildman–Crippen LogP) is 3.49. The van der Waals surface area contributed by atoms with Gasteiger partial charge in [-0.1, -0.05) is 0 Å². The summed E-state index contributed by atoms with van der Waals surface area (Å²) in [5.74, 6) is 0. The normalized spacial score (nSPS) is 10.9. The first-order valence-corrected chi connectivity index (χ1v) is 6.71. The molecule has 0 aromatic carbocycles. The summed E-state index contributed by atoms with van der Waals surface area (Å²) >= 11 is 5.03. The number of nitrogens with zero attached hydrogens (tertiary/aromatic N) is 2. The molecular weight excluding hydrogens is 300 g/mol. The molecule has 0 bridgehead atoms. The fraction of sp³-hybridized carbons (Fsp3) is 0.0909. The molecule has 3 aromatic rings. The molecule has 0 atom stereocenters. The average Bonchev–Trinajstić information content (AvgIpc) is 2.93. The molecule has 86 valence electrons. The number of rotatable bonds is 2. The Morgan fingerprint density at radius 1 is 1.47 bits per heavy atom. The third kappa shape index (κ3) is 1.83. The van der Waals surface area contributed by atoms with Crippen LogP contribution in [0.3, 0.4) is 0 Å². The lowest BCUT2D eigenvalue weighted by Crippen LogP contribution is -1.85. The van der Waals surface area contributed by atoms with Crippen LogP contribution in [0.1, 0.15) is 0 Å². The van der Waals surface area contributed by atoms with Gasteiger partial charge in [0.15, 0.2) is 5.13 Å². The highest BCUT2D eigenvalue weighted by Gasteiger charge is 2.10. The molecule has 3 rings (SSSR count). The van der Waals surface area contributed by atoms with Crippen LogP contribution in [0.2, 0.25) is 0 Å². The lowest BCUT2D eigenvalue weighted by molar-refractivity contribution is 1.31. The van der Waals surface area contributed by atoms with Crippen LogP contribution in [-0.2, 0) is 0 Å². The summed E-state index contributed by atoms with van der Waals surface area (Å²) in [4.78, 5) is 12.0. The first kappa shape index (κ1) is 10.7. The lowest BCUT2D eigenvalue weighted by atomic mass is 10.2. The molecule has 0 saturated heterocycles. The molecule has 0 saturated carbocycles. The number of aromatic nitrogens is 3. The maximum atomic E-state index is 4.50. The van der Waals surface area contributed by atoms with E-state index in [9.17, 15) is 0 Å². The molecule has 0 fully saturated rings. The van der Waals surface area contributed by atoms with Gasteiger partial charge < -0.3 is 10.3 Å². The molecule has 6 heteroatoms. The molecule has 0 spiro atoms. The molecule has 0 aliphatic carbocycles. The zero-order valence-electron chi connectivity index (χ0n) is 8.99. The number of hydrogen-bond donors (Lipinski definition) is 2. The number of halogens is 1. The van der Waals surface area contributed by atoms with Crippen molar-refractivity contribution in [1.82, 2.24) is 15.0 Å². The van der Waals surface area contributed by atoms with Crippen molar-refractivity contribution >= 4 is 43.4 Å². The second-order valence-electron chi connectivity index (χ2n) is 3.54. The number of nitrogens with one attached hydrogen (secondary N) is 2. The molecule has 3 aromatic heterocycles. The van der Waals surface area contributed by atoms with Crippen LogP contribution in [0.15, 0.2) is 28.3 Å². The standard InChI is InChI=1S/C11H9BrN4S/c1-13-11-16-9(5-17-11)8-4-15-10-7(8)2-6(12)3-14-10/h2-5H,1H3,(H,13,16)(H,14,15). The van der Waals surface area contributed by atoms with Gasteiger partial charge in [-0.2, -0.15) is 0 Å². The summed E-state index contributed by atoms with van der Waals surface area (Å²) in [6.07, 6.45) is 3.72. The molecule has 0 unspecified atom stereocenters. The van der Waals surface area contributed by atoms with E-state index in [1.165, 1.54) is 0 Å². The Hall–Kier alpha value is -1.40. The van der Waals surface area contributed by atoms with Crippen molar-refractivity contribution < 1.29 is 0 Å². The van der Waals surface area contributed by atoms with Crippen LogP contribution >= 0.6 is 27.3 Å². The number of anilines is 1. The largest absolute Gasteiger partial charge is 0.365 e. The van der Waals surface area contributed by atoms with Crippen molar-refractivity contribution in [3.63, 3.8) is 0 Å². The quantitative estimate of drug-likeness (QED) is 0.762.